The molecule has 3 N–H and O–H groups in total. The third-order valence-electron chi connectivity index (χ3n) is 2.39. The predicted molar refractivity (Wildman–Crippen MR) is 61.0 cm³/mol. The topological polar surface area (TPSA) is 76.2 Å². The Balaban J connectivity index is 2.58. The lowest BCUT2D eigenvalue weighted by Gasteiger charge is -2.06. The third kappa shape index (κ3) is 2.13. The molecule has 0 spiro atoms. The van der Waals surface area contributed by atoms with Gasteiger partial charge in [-0.25, -0.2) is 18.6 Å². The molecule has 18 heavy (non-hydrogen) atoms. The number of hydrogen-bond acceptors (Lipinski definition) is 3. The van der Waals surface area contributed by atoms with Crippen LogP contribution in [0.15, 0.2) is 30.5 Å². The van der Waals surface area contributed by atoms with Gasteiger partial charge in [0, 0.05) is 23.4 Å². The van der Waals surface area contributed by atoms with Crippen LogP contribution in [0, 0.1) is 11.6 Å². The predicted octanol–water partition coefficient (Wildman–Crippen LogP) is 2.31. The zero-order valence-electron chi connectivity index (χ0n) is 9.02. The number of nitrogen functional groups attached to an aromatic ring is 1. The summed E-state index contributed by atoms with van der Waals surface area (Å²) in [4.78, 5) is 14.5. The molecule has 6 heteroatoms. The Bertz CT molecular complexity index is 629. The van der Waals surface area contributed by atoms with Crippen LogP contribution >= 0.6 is 0 Å². The standard InChI is InChI=1S/C12H8F2N2O2/c13-7-1-2-8(10(14)4-7)6-3-9(12(17)18)11(15)16-5-6/h1-5H,(H2,15,16)(H,17,18). The molecule has 0 saturated heterocycles. The molecule has 1 aromatic carbocycles. The zero-order valence-corrected chi connectivity index (χ0v) is 9.02. The third-order valence-corrected chi connectivity index (χ3v) is 2.39. The number of nitrogens with zero attached hydrogens (tertiary/aromatic N) is 1. The fraction of sp³-hybridized carbons (Fsp3) is 0. The van der Waals surface area contributed by atoms with E-state index in [0.29, 0.717) is 6.07 Å². The van der Waals surface area contributed by atoms with Gasteiger partial charge in [-0.3, -0.25) is 0 Å². The minimum atomic E-state index is -1.26. The minimum Gasteiger partial charge on any atom is -0.478 e. The van der Waals surface area contributed by atoms with Crippen LogP contribution in [0.4, 0.5) is 14.6 Å². The Labute approximate surface area is 101 Å². The number of aromatic nitrogens is 1. The molecule has 1 aromatic heterocycles. The van der Waals surface area contributed by atoms with E-state index < -0.39 is 17.6 Å². The molecule has 1 heterocycles. The van der Waals surface area contributed by atoms with Crippen LogP contribution in [0.5, 0.6) is 0 Å². The van der Waals surface area contributed by atoms with E-state index in [2.05, 4.69) is 4.98 Å². The summed E-state index contributed by atoms with van der Waals surface area (Å²) in [5, 5.41) is 8.88. The van der Waals surface area contributed by atoms with Gasteiger partial charge in [0.25, 0.3) is 0 Å². The summed E-state index contributed by atoms with van der Waals surface area (Å²) < 4.78 is 26.3. The van der Waals surface area contributed by atoms with Crippen LogP contribution in [-0.2, 0) is 0 Å². The number of halogens is 2. The normalized spacial score (nSPS) is 10.3. The van der Waals surface area contributed by atoms with Crippen molar-refractivity contribution in [2.45, 2.75) is 0 Å². The first-order valence-electron chi connectivity index (χ1n) is 4.93. The van der Waals surface area contributed by atoms with Gasteiger partial charge in [0.05, 0.1) is 0 Å². The Morgan fingerprint density at radius 1 is 1.28 bits per heavy atom. The lowest BCUT2D eigenvalue weighted by atomic mass is 10.0. The molecule has 2 aromatic rings. The van der Waals surface area contributed by atoms with E-state index in [0.717, 1.165) is 6.07 Å². The molecule has 92 valence electrons. The van der Waals surface area contributed by atoms with Gasteiger partial charge in [-0.05, 0) is 18.2 Å². The second-order valence-electron chi connectivity index (χ2n) is 3.59. The van der Waals surface area contributed by atoms with Crippen LogP contribution in [0.3, 0.4) is 0 Å². The maximum atomic E-state index is 13.5. The van der Waals surface area contributed by atoms with Crippen LogP contribution in [-0.4, -0.2) is 16.1 Å². The Kier molecular flexibility index (Phi) is 2.93. The summed E-state index contributed by atoms with van der Waals surface area (Å²) in [6.07, 6.45) is 1.23. The summed E-state index contributed by atoms with van der Waals surface area (Å²) >= 11 is 0. The molecular weight excluding hydrogens is 242 g/mol. The van der Waals surface area contributed by atoms with Gasteiger partial charge in [-0.1, -0.05) is 0 Å². The van der Waals surface area contributed by atoms with Crippen molar-refractivity contribution in [1.82, 2.24) is 4.98 Å². The summed E-state index contributed by atoms with van der Waals surface area (Å²) in [6.45, 7) is 0. The van der Waals surface area contributed by atoms with Crippen molar-refractivity contribution >= 4 is 11.8 Å². The molecule has 2 rings (SSSR count). The maximum absolute atomic E-state index is 13.5. The summed E-state index contributed by atoms with van der Waals surface area (Å²) in [6, 6.07) is 4.20. The second-order valence-corrected chi connectivity index (χ2v) is 3.59. The average Bonchev–Trinajstić information content (AvgIpc) is 2.30. The van der Waals surface area contributed by atoms with Gasteiger partial charge in [0.2, 0.25) is 0 Å². The highest BCUT2D eigenvalue weighted by Crippen LogP contribution is 2.25. The lowest BCUT2D eigenvalue weighted by molar-refractivity contribution is 0.0697. The molecule has 4 nitrogen and oxygen atoms in total. The number of nitrogens with two attached hydrogens (primary N) is 1. The highest BCUT2D eigenvalue weighted by molar-refractivity contribution is 5.94. The molecule has 0 radical (unpaired) electrons. The summed E-state index contributed by atoms with van der Waals surface area (Å²) in [7, 11) is 0. The summed E-state index contributed by atoms with van der Waals surface area (Å²) in [5.41, 5.74) is 5.44. The van der Waals surface area contributed by atoms with Gasteiger partial charge in [-0.15, -0.1) is 0 Å². The van der Waals surface area contributed by atoms with E-state index in [-0.39, 0.29) is 22.5 Å². The zero-order chi connectivity index (χ0) is 13.3. The number of carboxylic acids is 1. The summed E-state index contributed by atoms with van der Waals surface area (Å²) in [5.74, 6) is -2.92. The van der Waals surface area contributed by atoms with E-state index in [1.807, 2.05) is 0 Å². The van der Waals surface area contributed by atoms with E-state index in [9.17, 15) is 13.6 Å². The number of carboxylic acid groups (broad SMARTS) is 1. The van der Waals surface area contributed by atoms with E-state index in [1.165, 1.54) is 18.3 Å². The first-order chi connectivity index (χ1) is 8.49. The van der Waals surface area contributed by atoms with Crippen molar-refractivity contribution in [3.05, 3.63) is 47.7 Å². The number of carbonyl (C=O) groups is 1. The van der Waals surface area contributed by atoms with Crippen molar-refractivity contribution < 1.29 is 18.7 Å². The number of aromatic carboxylic acids is 1. The van der Waals surface area contributed by atoms with Crippen molar-refractivity contribution in [2.75, 3.05) is 5.73 Å². The Morgan fingerprint density at radius 3 is 2.61 bits per heavy atom. The quantitative estimate of drug-likeness (QED) is 0.857. The highest BCUT2D eigenvalue weighted by Gasteiger charge is 2.13. The highest BCUT2D eigenvalue weighted by atomic mass is 19.1. The van der Waals surface area contributed by atoms with Crippen LogP contribution in [0.25, 0.3) is 11.1 Å². The first kappa shape index (κ1) is 12.0. The van der Waals surface area contributed by atoms with Gasteiger partial charge in [-0.2, -0.15) is 0 Å². The van der Waals surface area contributed by atoms with Crippen LogP contribution in [0.2, 0.25) is 0 Å². The Hall–Kier alpha value is -2.50. The van der Waals surface area contributed by atoms with Crippen molar-refractivity contribution in [3.63, 3.8) is 0 Å². The molecule has 0 saturated carbocycles. The van der Waals surface area contributed by atoms with Crippen molar-refractivity contribution in [1.29, 1.82) is 0 Å². The maximum Gasteiger partial charge on any atom is 0.339 e. The number of benzene rings is 1. The monoisotopic (exact) mass is 250 g/mol. The number of pyridine rings is 1. The fourth-order valence-electron chi connectivity index (χ4n) is 1.52. The van der Waals surface area contributed by atoms with Gasteiger partial charge >= 0.3 is 5.97 Å². The Morgan fingerprint density at radius 2 is 2.00 bits per heavy atom. The van der Waals surface area contributed by atoms with Gasteiger partial charge < -0.3 is 10.8 Å². The molecule has 0 amide bonds. The largest absolute Gasteiger partial charge is 0.478 e. The molecular formula is C12H8F2N2O2. The van der Waals surface area contributed by atoms with E-state index in [4.69, 9.17) is 10.8 Å². The SMILES string of the molecule is Nc1ncc(-c2ccc(F)cc2F)cc1C(=O)O. The van der Waals surface area contributed by atoms with Gasteiger partial charge in [0.1, 0.15) is 23.0 Å². The molecule has 0 atom stereocenters. The fourth-order valence-corrected chi connectivity index (χ4v) is 1.52. The lowest BCUT2D eigenvalue weighted by Crippen LogP contribution is -2.04. The molecule has 0 aliphatic rings. The van der Waals surface area contributed by atoms with E-state index >= 15 is 0 Å². The molecule has 0 aliphatic heterocycles. The molecule has 0 bridgehead atoms. The minimum absolute atomic E-state index is 0.0615. The van der Waals surface area contributed by atoms with Gasteiger partial charge in [0.15, 0.2) is 0 Å². The molecule has 0 fully saturated rings. The van der Waals surface area contributed by atoms with Crippen molar-refractivity contribution in [3.8, 4) is 11.1 Å². The second kappa shape index (κ2) is 4.40. The number of anilines is 1. The van der Waals surface area contributed by atoms with Crippen LogP contribution in [0.1, 0.15) is 10.4 Å². The van der Waals surface area contributed by atoms with Crippen LogP contribution < -0.4 is 5.73 Å². The molecule has 0 unspecified atom stereocenters. The first-order valence-corrected chi connectivity index (χ1v) is 4.93. The smallest absolute Gasteiger partial charge is 0.339 e. The number of rotatable bonds is 2. The average molecular weight is 250 g/mol. The van der Waals surface area contributed by atoms with Crippen molar-refractivity contribution in [2.24, 2.45) is 0 Å². The number of hydrogen-bond donors (Lipinski definition) is 2. The van der Waals surface area contributed by atoms with E-state index in [1.54, 1.807) is 0 Å². The molecule has 0 aliphatic carbocycles.